The van der Waals surface area contributed by atoms with Crippen molar-refractivity contribution in [1.82, 2.24) is 0 Å². The zero-order chi connectivity index (χ0) is 11.5. The van der Waals surface area contributed by atoms with Crippen LogP contribution in [-0.4, -0.2) is 23.5 Å². The summed E-state index contributed by atoms with van der Waals surface area (Å²) in [6, 6.07) is 0. The monoisotopic (exact) mass is 252 g/mol. The smallest absolute Gasteiger partial charge is 0.0631 e. The Balaban J connectivity index is 2.53. The molecule has 0 aromatic heterocycles. The maximum absolute atomic E-state index is 6.03. The fourth-order valence-corrected chi connectivity index (χ4v) is 3.06. The third-order valence-corrected chi connectivity index (χ3v) is 4.67. The minimum atomic E-state index is 0.0444. The van der Waals surface area contributed by atoms with Gasteiger partial charge in [-0.25, -0.2) is 0 Å². The minimum absolute atomic E-state index is 0.0444. The molecule has 0 aromatic rings. The van der Waals surface area contributed by atoms with Crippen LogP contribution in [-0.2, 0) is 4.74 Å². The van der Waals surface area contributed by atoms with Crippen LogP contribution in [0.3, 0.4) is 0 Å². The molecule has 1 aliphatic heterocycles. The van der Waals surface area contributed by atoms with Crippen molar-refractivity contribution in [3.05, 3.63) is 0 Å². The van der Waals surface area contributed by atoms with Crippen molar-refractivity contribution in [2.45, 2.75) is 58.2 Å². The summed E-state index contributed by atoms with van der Waals surface area (Å²) in [5, 5.41) is 0. The van der Waals surface area contributed by atoms with Crippen LogP contribution in [0.1, 0.15) is 46.5 Å². The highest BCUT2D eigenvalue weighted by molar-refractivity contribution is 6.21. The van der Waals surface area contributed by atoms with Gasteiger partial charge in [0.15, 0.2) is 0 Å². The Morgan fingerprint density at radius 3 is 2.27 bits per heavy atom. The summed E-state index contributed by atoms with van der Waals surface area (Å²) in [4.78, 5) is 0. The highest BCUT2D eigenvalue weighted by atomic mass is 35.5. The first-order valence-electron chi connectivity index (χ1n) is 5.77. The molecule has 1 saturated heterocycles. The van der Waals surface area contributed by atoms with Gasteiger partial charge in [-0.15, -0.1) is 23.2 Å². The first kappa shape index (κ1) is 13.6. The van der Waals surface area contributed by atoms with Crippen LogP contribution in [0.5, 0.6) is 0 Å². The largest absolute Gasteiger partial charge is 0.372 e. The van der Waals surface area contributed by atoms with Gasteiger partial charge in [0, 0.05) is 11.8 Å². The Morgan fingerprint density at radius 2 is 1.93 bits per heavy atom. The van der Waals surface area contributed by atoms with Crippen LogP contribution in [0.25, 0.3) is 0 Å². The second kappa shape index (κ2) is 5.25. The Bertz CT molecular complexity index is 192. The van der Waals surface area contributed by atoms with Gasteiger partial charge in [-0.05, 0) is 44.9 Å². The third kappa shape index (κ3) is 3.51. The summed E-state index contributed by atoms with van der Waals surface area (Å²) in [5.41, 5.74) is 0.108. The molecule has 1 fully saturated rings. The summed E-state index contributed by atoms with van der Waals surface area (Å²) in [6.45, 7) is 6.47. The topological polar surface area (TPSA) is 9.23 Å². The normalized spacial score (nSPS) is 25.8. The molecule has 1 unspecified atom stereocenters. The average Bonchev–Trinajstić information content (AvgIpc) is 2.55. The van der Waals surface area contributed by atoms with E-state index in [-0.39, 0.29) is 11.0 Å². The van der Waals surface area contributed by atoms with Gasteiger partial charge in [0.2, 0.25) is 0 Å². The highest BCUT2D eigenvalue weighted by Gasteiger charge is 2.37. The number of hydrogen-bond donors (Lipinski definition) is 0. The van der Waals surface area contributed by atoms with E-state index in [9.17, 15) is 0 Å². The van der Waals surface area contributed by atoms with E-state index in [0.29, 0.717) is 17.9 Å². The van der Waals surface area contributed by atoms with Gasteiger partial charge in [-0.1, -0.05) is 6.92 Å². The average molecular weight is 253 g/mol. The van der Waals surface area contributed by atoms with Gasteiger partial charge in [-0.3, -0.25) is 0 Å². The molecular formula is C12H22Cl2O. The lowest BCUT2D eigenvalue weighted by Gasteiger charge is -2.31. The van der Waals surface area contributed by atoms with Crippen LogP contribution in [0.4, 0.5) is 0 Å². The molecular weight excluding hydrogens is 231 g/mol. The van der Waals surface area contributed by atoms with Crippen LogP contribution in [0.15, 0.2) is 0 Å². The number of rotatable bonds is 5. The van der Waals surface area contributed by atoms with Gasteiger partial charge in [0.1, 0.15) is 0 Å². The zero-order valence-corrected chi connectivity index (χ0v) is 11.5. The SMILES string of the molecule is CCC(CCl)(CCl)CC1CCC(C)(C)O1. The van der Waals surface area contributed by atoms with E-state index in [1.807, 2.05) is 0 Å². The molecule has 1 nitrogen and oxygen atoms in total. The Morgan fingerprint density at radius 1 is 1.33 bits per heavy atom. The van der Waals surface area contributed by atoms with Crippen molar-refractivity contribution < 1.29 is 4.74 Å². The van der Waals surface area contributed by atoms with Gasteiger partial charge >= 0.3 is 0 Å². The summed E-state index contributed by atoms with van der Waals surface area (Å²) in [6.07, 6.45) is 4.66. The summed E-state index contributed by atoms with van der Waals surface area (Å²) >= 11 is 12.1. The lowest BCUT2D eigenvalue weighted by Crippen LogP contribution is -2.31. The van der Waals surface area contributed by atoms with Crippen LogP contribution < -0.4 is 0 Å². The standard InChI is InChI=1S/C12H22Cl2O/c1-4-12(8-13,9-14)7-10-5-6-11(2,3)15-10/h10H,4-9H2,1-3H3. The van der Waals surface area contributed by atoms with E-state index in [2.05, 4.69) is 20.8 Å². The van der Waals surface area contributed by atoms with Crippen LogP contribution in [0, 0.1) is 5.41 Å². The van der Waals surface area contributed by atoms with Crippen molar-refractivity contribution >= 4 is 23.2 Å². The molecule has 1 aliphatic rings. The molecule has 1 rings (SSSR count). The summed E-state index contributed by atoms with van der Waals surface area (Å²) < 4.78 is 5.99. The van der Waals surface area contributed by atoms with Gasteiger partial charge in [0.05, 0.1) is 11.7 Å². The van der Waals surface area contributed by atoms with Crippen molar-refractivity contribution in [2.24, 2.45) is 5.41 Å². The molecule has 15 heavy (non-hydrogen) atoms. The zero-order valence-electron chi connectivity index (χ0n) is 9.98. The number of ether oxygens (including phenoxy) is 1. The fourth-order valence-electron chi connectivity index (χ4n) is 2.18. The quantitative estimate of drug-likeness (QED) is 0.667. The van der Waals surface area contributed by atoms with E-state index in [1.54, 1.807) is 0 Å². The second-order valence-corrected chi connectivity index (χ2v) is 5.90. The molecule has 0 spiro atoms. The molecule has 0 aliphatic carbocycles. The first-order chi connectivity index (χ1) is 6.97. The maximum atomic E-state index is 6.03. The molecule has 0 aromatic carbocycles. The first-order valence-corrected chi connectivity index (χ1v) is 6.83. The Kier molecular flexibility index (Phi) is 4.76. The third-order valence-electron chi connectivity index (χ3n) is 3.53. The molecule has 3 heteroatoms. The van der Waals surface area contributed by atoms with Crippen molar-refractivity contribution in [1.29, 1.82) is 0 Å². The molecule has 1 atom stereocenters. The lowest BCUT2D eigenvalue weighted by atomic mass is 9.83. The molecule has 0 bridgehead atoms. The van der Waals surface area contributed by atoms with Crippen LogP contribution >= 0.6 is 23.2 Å². The Hall–Kier alpha value is 0.540. The molecule has 0 amide bonds. The Labute approximate surface area is 103 Å². The predicted molar refractivity (Wildman–Crippen MR) is 67.0 cm³/mol. The fraction of sp³-hybridized carbons (Fsp3) is 1.00. The number of alkyl halides is 2. The van der Waals surface area contributed by atoms with Crippen molar-refractivity contribution in [3.8, 4) is 0 Å². The van der Waals surface area contributed by atoms with E-state index < -0.39 is 0 Å². The van der Waals surface area contributed by atoms with Gasteiger partial charge in [-0.2, -0.15) is 0 Å². The molecule has 0 saturated carbocycles. The van der Waals surface area contributed by atoms with E-state index >= 15 is 0 Å². The summed E-state index contributed by atoms with van der Waals surface area (Å²) in [5.74, 6) is 1.26. The number of hydrogen-bond acceptors (Lipinski definition) is 1. The van der Waals surface area contributed by atoms with E-state index in [1.165, 1.54) is 0 Å². The molecule has 0 N–H and O–H groups in total. The van der Waals surface area contributed by atoms with Gasteiger partial charge < -0.3 is 4.74 Å². The van der Waals surface area contributed by atoms with E-state index in [0.717, 1.165) is 25.7 Å². The summed E-state index contributed by atoms with van der Waals surface area (Å²) in [7, 11) is 0. The maximum Gasteiger partial charge on any atom is 0.0631 e. The second-order valence-electron chi connectivity index (χ2n) is 5.36. The molecule has 90 valence electrons. The van der Waals surface area contributed by atoms with Gasteiger partial charge in [0.25, 0.3) is 0 Å². The molecule has 1 heterocycles. The molecule has 0 radical (unpaired) electrons. The van der Waals surface area contributed by atoms with E-state index in [4.69, 9.17) is 27.9 Å². The predicted octanol–water partition coefficient (Wildman–Crippen LogP) is 4.21. The van der Waals surface area contributed by atoms with Crippen molar-refractivity contribution in [3.63, 3.8) is 0 Å². The minimum Gasteiger partial charge on any atom is -0.372 e. The lowest BCUT2D eigenvalue weighted by molar-refractivity contribution is -0.0315. The van der Waals surface area contributed by atoms with Crippen molar-refractivity contribution in [2.75, 3.05) is 11.8 Å². The number of halogens is 2. The van der Waals surface area contributed by atoms with Crippen LogP contribution in [0.2, 0.25) is 0 Å². The highest BCUT2D eigenvalue weighted by Crippen LogP contribution is 2.39.